The number of ether oxygens (including phenoxy) is 1. The number of aliphatic carboxylic acids is 1. The van der Waals surface area contributed by atoms with E-state index in [4.69, 9.17) is 14.3 Å². The van der Waals surface area contributed by atoms with Crippen LogP contribution in [0, 0.1) is 13.8 Å². The summed E-state index contributed by atoms with van der Waals surface area (Å²) in [6.45, 7) is 4.15. The van der Waals surface area contributed by atoms with Gasteiger partial charge in [-0.3, -0.25) is 4.79 Å². The number of carboxylic acid groups (broad SMARTS) is 1. The van der Waals surface area contributed by atoms with Crippen LogP contribution in [0.4, 0.5) is 0 Å². The highest BCUT2D eigenvalue weighted by Gasteiger charge is 2.16. The van der Waals surface area contributed by atoms with Gasteiger partial charge in [-0.1, -0.05) is 16.6 Å². The van der Waals surface area contributed by atoms with Crippen LogP contribution < -0.4 is 4.74 Å². The first-order valence-electron chi connectivity index (χ1n) is 7.72. The minimum absolute atomic E-state index is 0.0226. The molecule has 0 atom stereocenters. The van der Waals surface area contributed by atoms with Crippen LogP contribution in [0.1, 0.15) is 22.7 Å². The van der Waals surface area contributed by atoms with Gasteiger partial charge in [-0.25, -0.2) is 4.98 Å². The Labute approximate surface area is 148 Å². The van der Waals surface area contributed by atoms with Crippen molar-refractivity contribution in [2.45, 2.75) is 26.7 Å². The average Bonchev–Trinajstić information content (AvgIpc) is 3.13. The number of carboxylic acids is 1. The molecule has 0 saturated carbocycles. The third kappa shape index (κ3) is 4.21. The van der Waals surface area contributed by atoms with Crippen LogP contribution in [0.5, 0.6) is 5.75 Å². The molecule has 25 heavy (non-hydrogen) atoms. The summed E-state index contributed by atoms with van der Waals surface area (Å²) in [7, 11) is 0. The highest BCUT2D eigenvalue weighted by Crippen LogP contribution is 2.27. The summed E-state index contributed by atoms with van der Waals surface area (Å²) in [6, 6.07) is 7.09. The summed E-state index contributed by atoms with van der Waals surface area (Å²) < 4.78 is 15.3. The summed E-state index contributed by atoms with van der Waals surface area (Å²) in [5, 5.41) is 12.8. The van der Waals surface area contributed by atoms with Crippen molar-refractivity contribution < 1.29 is 19.1 Å². The van der Waals surface area contributed by atoms with Crippen LogP contribution in [0.25, 0.3) is 10.8 Å². The Hall–Kier alpha value is -2.74. The van der Waals surface area contributed by atoms with Crippen LogP contribution in [0.15, 0.2) is 28.7 Å². The maximum absolute atomic E-state index is 10.8. The third-order valence-corrected chi connectivity index (χ3v) is 4.42. The minimum Gasteiger partial charge on any atom is -0.493 e. The lowest BCUT2D eigenvalue weighted by atomic mass is 10.1. The van der Waals surface area contributed by atoms with E-state index in [0.29, 0.717) is 30.2 Å². The third-order valence-electron chi connectivity index (χ3n) is 3.60. The molecule has 2 aromatic heterocycles. The van der Waals surface area contributed by atoms with E-state index in [1.165, 1.54) is 11.5 Å². The molecular weight excluding hydrogens is 342 g/mol. The van der Waals surface area contributed by atoms with E-state index in [0.717, 1.165) is 22.0 Å². The lowest BCUT2D eigenvalue weighted by Crippen LogP contribution is -2.04. The first-order valence-corrected chi connectivity index (χ1v) is 8.49. The minimum atomic E-state index is -0.865. The Bertz CT molecular complexity index is 888. The van der Waals surface area contributed by atoms with Gasteiger partial charge >= 0.3 is 5.97 Å². The quantitative estimate of drug-likeness (QED) is 0.692. The molecule has 3 aromatic rings. The standard InChI is InChI=1S/C17H17N3O4S/c1-10-16(25-20-19-10)17-18-14(11(2)24-17)6-7-23-13-5-3-4-12(8-13)9-15(21)22/h3-5,8H,6-7,9H2,1-2H3,(H,21,22). The molecule has 0 bridgehead atoms. The van der Waals surface area contributed by atoms with E-state index in [1.54, 1.807) is 24.3 Å². The first-order chi connectivity index (χ1) is 12.0. The molecule has 7 nitrogen and oxygen atoms in total. The van der Waals surface area contributed by atoms with E-state index >= 15 is 0 Å². The topological polar surface area (TPSA) is 98.3 Å². The van der Waals surface area contributed by atoms with Gasteiger partial charge in [0.25, 0.3) is 0 Å². The van der Waals surface area contributed by atoms with E-state index in [1.807, 2.05) is 13.8 Å². The van der Waals surface area contributed by atoms with Crippen molar-refractivity contribution >= 4 is 17.5 Å². The molecule has 0 aliphatic heterocycles. The van der Waals surface area contributed by atoms with Crippen LogP contribution in [-0.4, -0.2) is 32.3 Å². The van der Waals surface area contributed by atoms with Crippen molar-refractivity contribution in [2.24, 2.45) is 0 Å². The number of rotatable bonds is 7. The summed E-state index contributed by atoms with van der Waals surface area (Å²) in [5.74, 6) is 1.05. The Morgan fingerprint density at radius 1 is 1.36 bits per heavy atom. The molecule has 8 heteroatoms. The van der Waals surface area contributed by atoms with Crippen molar-refractivity contribution in [3.8, 4) is 16.5 Å². The van der Waals surface area contributed by atoms with Crippen molar-refractivity contribution in [1.82, 2.24) is 14.6 Å². The molecule has 0 radical (unpaired) electrons. The zero-order valence-corrected chi connectivity index (χ0v) is 14.7. The lowest BCUT2D eigenvalue weighted by Gasteiger charge is -2.06. The molecule has 0 saturated heterocycles. The molecule has 1 aromatic carbocycles. The monoisotopic (exact) mass is 359 g/mol. The van der Waals surface area contributed by atoms with Gasteiger partial charge in [0.1, 0.15) is 16.4 Å². The lowest BCUT2D eigenvalue weighted by molar-refractivity contribution is -0.136. The van der Waals surface area contributed by atoms with Crippen molar-refractivity contribution in [1.29, 1.82) is 0 Å². The van der Waals surface area contributed by atoms with Gasteiger partial charge in [-0.2, -0.15) is 0 Å². The molecule has 0 aliphatic carbocycles. The highest BCUT2D eigenvalue weighted by molar-refractivity contribution is 7.09. The largest absolute Gasteiger partial charge is 0.493 e. The smallest absolute Gasteiger partial charge is 0.307 e. The number of hydrogen-bond donors (Lipinski definition) is 1. The van der Waals surface area contributed by atoms with Crippen molar-refractivity contribution in [3.05, 3.63) is 47.0 Å². The summed E-state index contributed by atoms with van der Waals surface area (Å²) in [4.78, 5) is 16.1. The zero-order chi connectivity index (χ0) is 17.8. The molecule has 0 spiro atoms. The molecule has 2 heterocycles. The molecule has 0 amide bonds. The molecule has 3 rings (SSSR count). The Morgan fingerprint density at radius 3 is 2.92 bits per heavy atom. The number of benzene rings is 1. The normalized spacial score (nSPS) is 10.8. The molecule has 130 valence electrons. The van der Waals surface area contributed by atoms with Gasteiger partial charge in [0.15, 0.2) is 0 Å². The van der Waals surface area contributed by atoms with Gasteiger partial charge in [-0.05, 0) is 43.1 Å². The van der Waals surface area contributed by atoms with Crippen LogP contribution in [0.3, 0.4) is 0 Å². The molecular formula is C17H17N3O4S. The zero-order valence-electron chi connectivity index (χ0n) is 13.9. The van der Waals surface area contributed by atoms with Gasteiger partial charge < -0.3 is 14.3 Å². The second kappa shape index (κ2) is 7.43. The maximum Gasteiger partial charge on any atom is 0.307 e. The first kappa shape index (κ1) is 17.1. The Morgan fingerprint density at radius 2 is 2.20 bits per heavy atom. The van der Waals surface area contributed by atoms with E-state index < -0.39 is 5.97 Å². The summed E-state index contributed by atoms with van der Waals surface area (Å²) >= 11 is 1.26. The number of nitrogens with zero attached hydrogens (tertiary/aromatic N) is 3. The van der Waals surface area contributed by atoms with Gasteiger partial charge in [0.05, 0.1) is 24.4 Å². The fraction of sp³-hybridized carbons (Fsp3) is 0.294. The summed E-state index contributed by atoms with van der Waals surface area (Å²) in [5.41, 5.74) is 2.33. The predicted octanol–water partition coefficient (Wildman–Crippen LogP) is 3.06. The molecule has 0 aliphatic rings. The number of aryl methyl sites for hydroxylation is 2. The van der Waals surface area contributed by atoms with E-state index in [2.05, 4.69) is 14.6 Å². The number of aromatic nitrogens is 3. The maximum atomic E-state index is 10.8. The van der Waals surface area contributed by atoms with Crippen molar-refractivity contribution in [2.75, 3.05) is 6.61 Å². The Balaban J connectivity index is 1.62. The second-order valence-electron chi connectivity index (χ2n) is 5.53. The number of oxazole rings is 1. The van der Waals surface area contributed by atoms with E-state index in [9.17, 15) is 4.79 Å². The fourth-order valence-electron chi connectivity index (χ4n) is 2.37. The van der Waals surface area contributed by atoms with Gasteiger partial charge in [-0.15, -0.1) is 5.10 Å². The number of carbonyl (C=O) groups is 1. The SMILES string of the molecule is Cc1nnsc1-c1nc(CCOc2cccc(CC(=O)O)c2)c(C)o1. The van der Waals surface area contributed by atoms with Gasteiger partial charge in [0.2, 0.25) is 5.89 Å². The van der Waals surface area contributed by atoms with E-state index in [-0.39, 0.29) is 6.42 Å². The molecule has 1 N–H and O–H groups in total. The summed E-state index contributed by atoms with van der Waals surface area (Å²) in [6.07, 6.45) is 0.564. The van der Waals surface area contributed by atoms with Crippen molar-refractivity contribution in [3.63, 3.8) is 0 Å². The Kier molecular flexibility index (Phi) is 5.08. The van der Waals surface area contributed by atoms with Gasteiger partial charge in [0, 0.05) is 6.42 Å². The molecule has 0 fully saturated rings. The molecule has 0 unspecified atom stereocenters. The van der Waals surface area contributed by atoms with Crippen LogP contribution in [-0.2, 0) is 17.6 Å². The highest BCUT2D eigenvalue weighted by atomic mass is 32.1. The van der Waals surface area contributed by atoms with Crippen LogP contribution in [0.2, 0.25) is 0 Å². The fourth-order valence-corrected chi connectivity index (χ4v) is 2.95. The predicted molar refractivity (Wildman–Crippen MR) is 91.9 cm³/mol. The second-order valence-corrected chi connectivity index (χ2v) is 6.28. The average molecular weight is 359 g/mol. The van der Waals surface area contributed by atoms with Crippen LogP contribution >= 0.6 is 11.5 Å². The number of hydrogen-bond acceptors (Lipinski definition) is 7.